The Morgan fingerprint density at radius 2 is 1.83 bits per heavy atom. The molecule has 0 atom stereocenters. The van der Waals surface area contributed by atoms with E-state index in [2.05, 4.69) is 4.98 Å². The minimum atomic E-state index is -4.66. The van der Waals surface area contributed by atoms with Gasteiger partial charge in [-0.1, -0.05) is 41.4 Å². The molecule has 2 N–H and O–H groups in total. The molecule has 0 aliphatic rings. The van der Waals surface area contributed by atoms with Gasteiger partial charge in [0.25, 0.3) is 0 Å². The Kier molecular flexibility index (Phi) is 6.00. The molecule has 0 spiro atoms. The van der Waals surface area contributed by atoms with Crippen LogP contribution in [0, 0.1) is 0 Å². The molecule has 4 nitrogen and oxygen atoms in total. The van der Waals surface area contributed by atoms with Crippen LogP contribution in [0.2, 0.25) is 10.2 Å². The number of carbonyl (C=O) groups is 1. The van der Waals surface area contributed by atoms with E-state index in [1.807, 2.05) is 6.07 Å². The molecule has 2 aromatic carbocycles. The normalized spacial score (nSPS) is 11.3. The maximum absolute atomic E-state index is 13.2. The summed E-state index contributed by atoms with van der Waals surface area (Å²) >= 11 is 11.8. The molecule has 0 unspecified atom stereocenters. The van der Waals surface area contributed by atoms with Crippen LogP contribution >= 0.6 is 23.2 Å². The van der Waals surface area contributed by atoms with Gasteiger partial charge in [-0.15, -0.1) is 0 Å². The van der Waals surface area contributed by atoms with Crippen molar-refractivity contribution < 1.29 is 18.0 Å². The van der Waals surface area contributed by atoms with E-state index < -0.39 is 22.8 Å². The number of urea groups is 1. The molecule has 0 bridgehead atoms. The molecule has 9 heteroatoms. The zero-order valence-corrected chi connectivity index (χ0v) is 16.3. The smallest absolute Gasteiger partial charge is 0.351 e. The number of rotatable bonds is 4. The number of primary amides is 1. The summed E-state index contributed by atoms with van der Waals surface area (Å²) in [7, 11) is 0. The number of aromatic nitrogens is 1. The van der Waals surface area contributed by atoms with Crippen LogP contribution < -0.4 is 10.6 Å². The first-order valence-electron chi connectivity index (χ1n) is 8.30. The topological polar surface area (TPSA) is 59.2 Å². The quantitative estimate of drug-likeness (QED) is 0.494. The molecule has 2 amide bonds. The fraction of sp³-hybridized carbons (Fsp3) is 0.100. The molecule has 0 fully saturated rings. The SMILES string of the molecule is NC(=O)N(Cc1cccc(-c2cccnc2Cl)c1)c1ccc(Cl)c(C(F)(F)F)c1. The fourth-order valence-electron chi connectivity index (χ4n) is 2.82. The van der Waals surface area contributed by atoms with Crippen molar-refractivity contribution in [2.45, 2.75) is 12.7 Å². The molecule has 0 aliphatic heterocycles. The van der Waals surface area contributed by atoms with Crippen molar-refractivity contribution in [3.63, 3.8) is 0 Å². The van der Waals surface area contributed by atoms with E-state index in [1.165, 1.54) is 6.07 Å². The van der Waals surface area contributed by atoms with Crippen molar-refractivity contribution in [1.29, 1.82) is 0 Å². The Hall–Kier alpha value is -2.77. The number of amides is 2. The third-order valence-corrected chi connectivity index (χ3v) is 4.80. The third-order valence-electron chi connectivity index (χ3n) is 4.17. The summed E-state index contributed by atoms with van der Waals surface area (Å²) in [6.45, 7) is -0.0417. The van der Waals surface area contributed by atoms with Crippen molar-refractivity contribution in [3.8, 4) is 11.1 Å². The van der Waals surface area contributed by atoms with Gasteiger partial charge in [-0.2, -0.15) is 13.2 Å². The molecule has 1 aromatic heterocycles. The van der Waals surface area contributed by atoms with Crippen LogP contribution in [0.3, 0.4) is 0 Å². The molecule has 29 heavy (non-hydrogen) atoms. The number of nitrogens with zero attached hydrogens (tertiary/aromatic N) is 2. The number of carbonyl (C=O) groups excluding carboxylic acids is 1. The van der Waals surface area contributed by atoms with Crippen molar-refractivity contribution in [2.75, 3.05) is 4.90 Å². The molecule has 3 aromatic rings. The molecule has 150 valence electrons. The van der Waals surface area contributed by atoms with Crippen LogP contribution in [0.4, 0.5) is 23.7 Å². The van der Waals surface area contributed by atoms with Gasteiger partial charge >= 0.3 is 12.2 Å². The lowest BCUT2D eigenvalue weighted by atomic mass is 10.0. The highest BCUT2D eigenvalue weighted by Gasteiger charge is 2.34. The van der Waals surface area contributed by atoms with E-state index in [9.17, 15) is 18.0 Å². The second-order valence-corrected chi connectivity index (χ2v) is 6.89. The number of hydrogen-bond donors (Lipinski definition) is 1. The van der Waals surface area contributed by atoms with E-state index >= 15 is 0 Å². The van der Waals surface area contributed by atoms with Gasteiger partial charge in [-0.3, -0.25) is 4.90 Å². The van der Waals surface area contributed by atoms with Crippen LogP contribution in [-0.4, -0.2) is 11.0 Å². The average Bonchev–Trinajstić information content (AvgIpc) is 2.66. The predicted molar refractivity (Wildman–Crippen MR) is 107 cm³/mol. The summed E-state index contributed by atoms with van der Waals surface area (Å²) < 4.78 is 39.5. The van der Waals surface area contributed by atoms with E-state index in [0.29, 0.717) is 16.3 Å². The number of halogens is 5. The Balaban J connectivity index is 1.96. The molecule has 1 heterocycles. The van der Waals surface area contributed by atoms with Crippen LogP contribution in [0.1, 0.15) is 11.1 Å². The summed E-state index contributed by atoms with van der Waals surface area (Å²) in [6, 6.07) is 12.9. The molecule has 0 radical (unpaired) electrons. The Morgan fingerprint density at radius 1 is 1.07 bits per heavy atom. The van der Waals surface area contributed by atoms with Crippen LogP contribution in [0.15, 0.2) is 60.8 Å². The molecular formula is C20H14Cl2F3N3O. The zero-order chi connectivity index (χ0) is 21.2. The van der Waals surface area contributed by atoms with Crippen LogP contribution in [0.5, 0.6) is 0 Å². The molecule has 0 saturated heterocycles. The maximum Gasteiger partial charge on any atom is 0.417 e. The molecular weight excluding hydrogens is 426 g/mol. The highest BCUT2D eigenvalue weighted by atomic mass is 35.5. The summed E-state index contributed by atoms with van der Waals surface area (Å²) in [5.41, 5.74) is 6.45. The minimum absolute atomic E-state index is 0.0148. The van der Waals surface area contributed by atoms with Gasteiger partial charge in [0.1, 0.15) is 5.15 Å². The highest BCUT2D eigenvalue weighted by molar-refractivity contribution is 6.32. The van der Waals surface area contributed by atoms with Crippen molar-refractivity contribution >= 4 is 34.9 Å². The number of nitrogens with two attached hydrogens (primary N) is 1. The lowest BCUT2D eigenvalue weighted by Gasteiger charge is -2.22. The second kappa shape index (κ2) is 8.31. The minimum Gasteiger partial charge on any atom is -0.351 e. The summed E-state index contributed by atoms with van der Waals surface area (Å²) in [6.07, 6.45) is -3.10. The first kappa shape index (κ1) is 21.0. The summed E-state index contributed by atoms with van der Waals surface area (Å²) in [5, 5.41) is -0.150. The molecule has 0 saturated carbocycles. The number of anilines is 1. The fourth-order valence-corrected chi connectivity index (χ4v) is 3.27. The standard InChI is InChI=1S/C20H14Cl2F3N3O/c21-17-7-6-14(10-16(17)20(23,24)25)28(19(26)29)11-12-3-1-4-13(9-12)15-5-2-8-27-18(15)22/h1-10H,11H2,(H2,26,29). The number of hydrogen-bond acceptors (Lipinski definition) is 2. The summed E-state index contributed by atoms with van der Waals surface area (Å²) in [5.74, 6) is 0. The van der Waals surface area contributed by atoms with Crippen molar-refractivity contribution in [3.05, 3.63) is 82.1 Å². The van der Waals surface area contributed by atoms with Gasteiger partial charge < -0.3 is 5.73 Å². The lowest BCUT2D eigenvalue weighted by molar-refractivity contribution is -0.137. The van der Waals surface area contributed by atoms with Gasteiger partial charge in [-0.25, -0.2) is 9.78 Å². The van der Waals surface area contributed by atoms with Gasteiger partial charge in [-0.05, 0) is 47.5 Å². The second-order valence-electron chi connectivity index (χ2n) is 6.13. The maximum atomic E-state index is 13.2. The van der Waals surface area contributed by atoms with Gasteiger partial charge in [0.05, 0.1) is 17.1 Å². The predicted octanol–water partition coefficient (Wildman–Crippen LogP) is 6.16. The largest absolute Gasteiger partial charge is 0.417 e. The number of benzene rings is 2. The van der Waals surface area contributed by atoms with E-state index in [0.717, 1.165) is 22.6 Å². The Morgan fingerprint density at radius 3 is 2.48 bits per heavy atom. The first-order valence-corrected chi connectivity index (χ1v) is 9.06. The molecule has 0 aliphatic carbocycles. The van der Waals surface area contributed by atoms with Gasteiger partial charge in [0.2, 0.25) is 0 Å². The van der Waals surface area contributed by atoms with Gasteiger partial charge in [0, 0.05) is 17.4 Å². The zero-order valence-electron chi connectivity index (χ0n) is 14.8. The average molecular weight is 440 g/mol. The third kappa shape index (κ3) is 4.81. The summed E-state index contributed by atoms with van der Waals surface area (Å²) in [4.78, 5) is 17.0. The monoisotopic (exact) mass is 439 g/mol. The number of pyridine rings is 1. The Labute approximate surface area is 174 Å². The van der Waals surface area contributed by atoms with E-state index in [1.54, 1.807) is 36.5 Å². The Bertz CT molecular complexity index is 1060. The van der Waals surface area contributed by atoms with E-state index in [4.69, 9.17) is 28.9 Å². The number of alkyl halides is 3. The van der Waals surface area contributed by atoms with Crippen LogP contribution in [0.25, 0.3) is 11.1 Å². The highest BCUT2D eigenvalue weighted by Crippen LogP contribution is 2.37. The first-order chi connectivity index (χ1) is 13.7. The molecule has 3 rings (SSSR count). The lowest BCUT2D eigenvalue weighted by Crippen LogP contribution is -2.35. The van der Waals surface area contributed by atoms with Crippen molar-refractivity contribution in [2.24, 2.45) is 5.73 Å². The van der Waals surface area contributed by atoms with Crippen LogP contribution in [-0.2, 0) is 12.7 Å². The van der Waals surface area contributed by atoms with Gasteiger partial charge in [0.15, 0.2) is 0 Å². The van der Waals surface area contributed by atoms with Crippen molar-refractivity contribution in [1.82, 2.24) is 4.98 Å². The van der Waals surface area contributed by atoms with E-state index in [-0.39, 0.29) is 12.2 Å².